The van der Waals surface area contributed by atoms with Crippen molar-refractivity contribution in [2.24, 2.45) is 0 Å². The van der Waals surface area contributed by atoms with E-state index in [1.54, 1.807) is 0 Å². The number of fused-ring (bicyclic) bond motifs is 1. The van der Waals surface area contributed by atoms with E-state index in [-0.39, 0.29) is 5.56 Å². The maximum atomic E-state index is 12.8. The maximum Gasteiger partial charge on any atom is 0.262 e. The van der Waals surface area contributed by atoms with E-state index in [1.165, 1.54) is 0 Å². The number of hydrogen-bond acceptors (Lipinski definition) is 11. The molecule has 4 N–H and O–H groups in total. The number of phenolic OH excluding ortho intramolecular Hbond substituents is 4. The van der Waals surface area contributed by atoms with Crippen molar-refractivity contribution in [1.29, 1.82) is 0 Å². The van der Waals surface area contributed by atoms with Gasteiger partial charge in [-0.05, 0) is 18.2 Å². The van der Waals surface area contributed by atoms with Crippen molar-refractivity contribution in [3.05, 3.63) is 34.5 Å². The number of hydrogen-bond donors (Lipinski definition) is 4. The zero-order chi connectivity index (χ0) is 20.8. The average Bonchev–Trinajstić information content (AvgIpc) is 2.58. The second-order valence-corrected chi connectivity index (χ2v) is 6.42. The second-order valence-electron chi connectivity index (χ2n) is 5.44. The van der Waals surface area contributed by atoms with Gasteiger partial charge in [-0.3, -0.25) is 4.79 Å². The molecule has 28 heavy (non-hydrogen) atoms. The lowest BCUT2D eigenvalue weighted by molar-refractivity contribution is 0.345. The first-order valence-electron chi connectivity index (χ1n) is 7.31. The molecule has 3 rings (SSSR count). The third kappa shape index (κ3) is 3.21. The maximum absolute atomic E-state index is 12.8. The van der Waals surface area contributed by atoms with Crippen LogP contribution >= 0.6 is 0 Å². The van der Waals surface area contributed by atoms with Gasteiger partial charge in [-0.15, -0.1) is 0 Å². The molecule has 0 radical (unpaired) electrons. The van der Waals surface area contributed by atoms with Gasteiger partial charge in [0.25, 0.3) is 10.4 Å². The van der Waals surface area contributed by atoms with E-state index >= 15 is 0 Å². The molecule has 3 aromatic rings. The molecule has 0 aliphatic heterocycles. The lowest BCUT2D eigenvalue weighted by Gasteiger charge is -2.15. The standard InChI is InChI=1S/C16H12O11S/c1-25-15-9(19)5-10-11(12(15)20)13(21)16(27-28(22,23)24)14(26-10)6-2-3-7(17)8(18)4-6/h2-5,17-20H,1H3,(H,22,23,24)/p-1. The minimum absolute atomic E-state index is 0.150. The van der Waals surface area contributed by atoms with Crippen LogP contribution in [0.15, 0.2) is 33.5 Å². The third-order valence-electron chi connectivity index (χ3n) is 3.68. The highest BCUT2D eigenvalue weighted by atomic mass is 32.3. The predicted octanol–water partition coefficient (Wildman–Crippen LogP) is 1.13. The summed E-state index contributed by atoms with van der Waals surface area (Å²) in [6.07, 6.45) is 0. The minimum atomic E-state index is -5.44. The van der Waals surface area contributed by atoms with Gasteiger partial charge >= 0.3 is 0 Å². The largest absolute Gasteiger partial charge is 0.716 e. The van der Waals surface area contributed by atoms with E-state index in [9.17, 15) is 38.2 Å². The van der Waals surface area contributed by atoms with Crippen LogP contribution in [0, 0.1) is 0 Å². The first-order valence-corrected chi connectivity index (χ1v) is 8.64. The van der Waals surface area contributed by atoms with Gasteiger partial charge < -0.3 is 38.3 Å². The SMILES string of the molecule is COc1c(O)cc2oc(-c3ccc(O)c(O)c3)c(OS(=O)(=O)[O-])c(=O)c2c1O. The van der Waals surface area contributed by atoms with E-state index in [4.69, 9.17) is 9.15 Å². The van der Waals surface area contributed by atoms with Gasteiger partial charge in [-0.2, -0.15) is 0 Å². The van der Waals surface area contributed by atoms with Crippen molar-refractivity contribution in [2.45, 2.75) is 0 Å². The molecule has 12 heteroatoms. The molecule has 0 saturated carbocycles. The molecule has 0 amide bonds. The molecule has 0 unspecified atom stereocenters. The summed E-state index contributed by atoms with van der Waals surface area (Å²) in [6.45, 7) is 0. The summed E-state index contributed by atoms with van der Waals surface area (Å²) in [6, 6.07) is 3.96. The summed E-state index contributed by atoms with van der Waals surface area (Å²) in [5.41, 5.74) is -1.82. The van der Waals surface area contributed by atoms with Crippen molar-refractivity contribution in [3.63, 3.8) is 0 Å². The van der Waals surface area contributed by atoms with E-state index in [0.29, 0.717) is 0 Å². The molecule has 0 aliphatic rings. The smallest absolute Gasteiger partial charge is 0.262 e. The Kier molecular flexibility index (Phi) is 4.45. The number of benzene rings is 2. The van der Waals surface area contributed by atoms with Crippen LogP contribution in [-0.2, 0) is 10.4 Å². The van der Waals surface area contributed by atoms with Crippen molar-refractivity contribution in [1.82, 2.24) is 0 Å². The fourth-order valence-electron chi connectivity index (χ4n) is 2.52. The topological polar surface area (TPSA) is 187 Å². The van der Waals surface area contributed by atoms with Crippen molar-refractivity contribution >= 4 is 21.4 Å². The Morgan fingerprint density at radius 1 is 1.00 bits per heavy atom. The lowest BCUT2D eigenvalue weighted by Crippen LogP contribution is -2.16. The monoisotopic (exact) mass is 411 g/mol. The van der Waals surface area contributed by atoms with Gasteiger partial charge in [0.1, 0.15) is 11.0 Å². The molecular formula is C16H11O11S-. The Hall–Kier alpha value is -3.64. The van der Waals surface area contributed by atoms with E-state index in [1.807, 2.05) is 0 Å². The summed E-state index contributed by atoms with van der Waals surface area (Å²) >= 11 is 0. The van der Waals surface area contributed by atoms with Crippen LogP contribution in [0.5, 0.6) is 34.5 Å². The van der Waals surface area contributed by atoms with E-state index in [0.717, 1.165) is 31.4 Å². The zero-order valence-corrected chi connectivity index (χ0v) is 14.7. The van der Waals surface area contributed by atoms with Crippen molar-refractivity contribution in [2.75, 3.05) is 7.11 Å². The molecule has 11 nitrogen and oxygen atoms in total. The molecule has 0 aliphatic carbocycles. The zero-order valence-electron chi connectivity index (χ0n) is 13.9. The summed E-state index contributed by atoms with van der Waals surface area (Å²) < 4.78 is 47.6. The first-order chi connectivity index (χ1) is 13.0. The molecule has 0 spiro atoms. The second kappa shape index (κ2) is 6.51. The molecular weight excluding hydrogens is 400 g/mol. The summed E-state index contributed by atoms with van der Waals surface area (Å²) in [5.74, 6) is -4.85. The highest BCUT2D eigenvalue weighted by molar-refractivity contribution is 7.81. The number of phenols is 4. The predicted molar refractivity (Wildman–Crippen MR) is 91.5 cm³/mol. The van der Waals surface area contributed by atoms with Gasteiger partial charge in [0.15, 0.2) is 28.8 Å². The van der Waals surface area contributed by atoms with Crippen LogP contribution in [0.2, 0.25) is 0 Å². The summed E-state index contributed by atoms with van der Waals surface area (Å²) in [7, 11) is -4.35. The van der Waals surface area contributed by atoms with Gasteiger partial charge in [-0.1, -0.05) is 0 Å². The van der Waals surface area contributed by atoms with Crippen LogP contribution in [0.3, 0.4) is 0 Å². The Morgan fingerprint density at radius 3 is 2.25 bits per heavy atom. The average molecular weight is 411 g/mol. The summed E-state index contributed by atoms with van der Waals surface area (Å²) in [4.78, 5) is 12.8. The van der Waals surface area contributed by atoms with Crippen LogP contribution < -0.4 is 14.3 Å². The van der Waals surface area contributed by atoms with Gasteiger partial charge in [0, 0.05) is 11.6 Å². The fourth-order valence-corrected chi connectivity index (χ4v) is 2.88. The molecule has 0 saturated heterocycles. The first kappa shape index (κ1) is 19.1. The summed E-state index contributed by atoms with van der Waals surface area (Å²) in [5, 5.41) is 38.5. The van der Waals surface area contributed by atoms with Gasteiger partial charge in [0.2, 0.25) is 16.9 Å². The molecule has 0 atom stereocenters. The number of methoxy groups -OCH3 is 1. The molecule has 0 fully saturated rings. The Labute approximate surface area is 156 Å². The quantitative estimate of drug-likeness (QED) is 0.274. The minimum Gasteiger partial charge on any atom is -0.716 e. The van der Waals surface area contributed by atoms with Crippen LogP contribution in [0.25, 0.3) is 22.3 Å². The number of aromatic hydroxyl groups is 4. The van der Waals surface area contributed by atoms with Crippen LogP contribution in [0.1, 0.15) is 0 Å². The Morgan fingerprint density at radius 2 is 1.68 bits per heavy atom. The molecule has 148 valence electrons. The fraction of sp³-hybridized carbons (Fsp3) is 0.0625. The van der Waals surface area contributed by atoms with Crippen molar-refractivity contribution in [3.8, 4) is 45.8 Å². The number of ether oxygens (including phenoxy) is 1. The molecule has 1 aromatic heterocycles. The Balaban J connectivity index is 2.47. The van der Waals surface area contributed by atoms with Crippen LogP contribution in [-0.4, -0.2) is 40.5 Å². The highest BCUT2D eigenvalue weighted by Gasteiger charge is 2.25. The molecule has 1 heterocycles. The molecule has 2 aromatic carbocycles. The highest BCUT2D eigenvalue weighted by Crippen LogP contribution is 2.44. The van der Waals surface area contributed by atoms with E-state index in [2.05, 4.69) is 4.18 Å². The molecule has 0 bridgehead atoms. The normalized spacial score (nSPS) is 11.5. The van der Waals surface area contributed by atoms with Crippen molar-refractivity contribution < 1.29 is 46.7 Å². The van der Waals surface area contributed by atoms with Gasteiger partial charge in [0.05, 0.1) is 7.11 Å². The lowest BCUT2D eigenvalue weighted by atomic mass is 10.1. The number of rotatable bonds is 4. The van der Waals surface area contributed by atoms with E-state index < -0.39 is 67.1 Å². The Bertz CT molecular complexity index is 1260. The van der Waals surface area contributed by atoms with Crippen LogP contribution in [0.4, 0.5) is 0 Å². The third-order valence-corrected chi connectivity index (χ3v) is 4.05. The van der Waals surface area contributed by atoms with Gasteiger partial charge in [-0.25, -0.2) is 8.42 Å².